The number of nitrogens with one attached hydrogen (secondary N) is 2. The van der Waals surface area contributed by atoms with Crippen LogP contribution in [0.15, 0.2) is 0 Å². The minimum atomic E-state index is -4.54. The van der Waals surface area contributed by atoms with E-state index in [1.165, 1.54) is 13.8 Å². The molecule has 0 spiro atoms. The quantitative estimate of drug-likeness (QED) is 0.636. The molecule has 9 heteroatoms. The van der Waals surface area contributed by atoms with E-state index < -0.39 is 30.9 Å². The smallest absolute Gasteiger partial charge is 0.423 e. The first-order chi connectivity index (χ1) is 7.13. The largest absolute Gasteiger partial charge is 0.464 e. The number of rotatable bonds is 2. The number of carbonyl (C=O) groups excluding carboxylic acids is 1. The summed E-state index contributed by atoms with van der Waals surface area (Å²) in [4.78, 5) is 21.4. The van der Waals surface area contributed by atoms with Gasteiger partial charge in [-0.3, -0.25) is 0 Å². The predicted molar refractivity (Wildman–Crippen MR) is 47.6 cm³/mol. The molecule has 0 bridgehead atoms. The van der Waals surface area contributed by atoms with Gasteiger partial charge in [-0.2, -0.15) is 13.2 Å². The second-order valence-corrected chi connectivity index (χ2v) is 3.15. The van der Waals surface area contributed by atoms with E-state index in [1.54, 1.807) is 10.7 Å². The molecular weight excluding hydrogens is 231 g/mol. The van der Waals surface area contributed by atoms with Gasteiger partial charge in [0, 0.05) is 6.04 Å². The van der Waals surface area contributed by atoms with Crippen LogP contribution in [0.3, 0.4) is 0 Å². The topological polar surface area (TPSA) is 81.7 Å². The van der Waals surface area contributed by atoms with E-state index in [0.29, 0.717) is 5.01 Å². The third-order valence-corrected chi connectivity index (χ3v) is 1.39. The van der Waals surface area contributed by atoms with Crippen molar-refractivity contribution in [2.45, 2.75) is 26.1 Å². The highest BCUT2D eigenvalue weighted by molar-refractivity contribution is 5.77. The standard InChI is InChI=1S/C7H12F3N3O3/c1-4(2)13(12-6(15)16)5(14)11-3-7(8,9)10/h4,12H,3H2,1-2H3,(H,11,14)(H,15,16). The maximum atomic E-state index is 11.8. The molecule has 0 radical (unpaired) electrons. The summed E-state index contributed by atoms with van der Waals surface area (Å²) in [5.74, 6) is 0. The molecule has 0 unspecified atom stereocenters. The molecule has 6 nitrogen and oxygen atoms in total. The fourth-order valence-corrected chi connectivity index (χ4v) is 0.778. The minimum Gasteiger partial charge on any atom is -0.464 e. The molecule has 0 aliphatic carbocycles. The van der Waals surface area contributed by atoms with Crippen molar-refractivity contribution in [1.82, 2.24) is 15.8 Å². The van der Waals surface area contributed by atoms with E-state index in [1.807, 2.05) is 0 Å². The van der Waals surface area contributed by atoms with Crippen molar-refractivity contribution in [3.8, 4) is 0 Å². The highest BCUT2D eigenvalue weighted by Gasteiger charge is 2.29. The summed E-state index contributed by atoms with van der Waals surface area (Å²) >= 11 is 0. The fraction of sp³-hybridized carbons (Fsp3) is 0.714. The molecule has 0 aromatic rings. The van der Waals surface area contributed by atoms with E-state index in [4.69, 9.17) is 5.11 Å². The molecule has 0 aliphatic heterocycles. The molecule has 3 amide bonds. The summed E-state index contributed by atoms with van der Waals surface area (Å²) in [6, 6.07) is -1.76. The van der Waals surface area contributed by atoms with Crippen LogP contribution in [-0.4, -0.2) is 41.0 Å². The number of hydrogen-bond acceptors (Lipinski definition) is 2. The zero-order valence-corrected chi connectivity index (χ0v) is 8.63. The lowest BCUT2D eigenvalue weighted by Crippen LogP contribution is -2.54. The lowest BCUT2D eigenvalue weighted by Gasteiger charge is -2.25. The second kappa shape index (κ2) is 5.42. The Kier molecular flexibility index (Phi) is 4.86. The first kappa shape index (κ1) is 14.3. The van der Waals surface area contributed by atoms with Gasteiger partial charge in [-0.25, -0.2) is 20.0 Å². The van der Waals surface area contributed by atoms with Gasteiger partial charge in [-0.1, -0.05) is 0 Å². The Morgan fingerprint density at radius 1 is 1.38 bits per heavy atom. The van der Waals surface area contributed by atoms with Gasteiger partial charge in [0.05, 0.1) is 0 Å². The first-order valence-electron chi connectivity index (χ1n) is 4.27. The van der Waals surface area contributed by atoms with Gasteiger partial charge < -0.3 is 10.4 Å². The van der Waals surface area contributed by atoms with Crippen molar-refractivity contribution < 1.29 is 27.9 Å². The molecule has 0 fully saturated rings. The van der Waals surface area contributed by atoms with Gasteiger partial charge in [0.2, 0.25) is 0 Å². The highest BCUT2D eigenvalue weighted by atomic mass is 19.4. The third kappa shape index (κ3) is 5.94. The number of alkyl halides is 3. The summed E-state index contributed by atoms with van der Waals surface area (Å²) in [5, 5.41) is 10.4. The van der Waals surface area contributed by atoms with Gasteiger partial charge in [0.25, 0.3) is 0 Å². The number of halogens is 3. The molecule has 0 rings (SSSR count). The van der Waals surface area contributed by atoms with Gasteiger partial charge in [-0.15, -0.1) is 0 Å². The third-order valence-electron chi connectivity index (χ3n) is 1.39. The number of amides is 3. The summed E-state index contributed by atoms with van der Waals surface area (Å²) in [7, 11) is 0. The van der Waals surface area contributed by atoms with E-state index in [0.717, 1.165) is 0 Å². The fourth-order valence-electron chi connectivity index (χ4n) is 0.778. The summed E-state index contributed by atoms with van der Waals surface area (Å²) < 4.78 is 35.3. The Morgan fingerprint density at radius 3 is 2.19 bits per heavy atom. The van der Waals surface area contributed by atoms with E-state index in [-0.39, 0.29) is 0 Å². The molecule has 0 atom stereocenters. The summed E-state index contributed by atoms with van der Waals surface area (Å²) in [6.07, 6.45) is -6.07. The molecule has 94 valence electrons. The van der Waals surface area contributed by atoms with Gasteiger partial charge >= 0.3 is 18.3 Å². The van der Waals surface area contributed by atoms with Crippen LogP contribution in [0, 0.1) is 0 Å². The van der Waals surface area contributed by atoms with Crippen LogP contribution < -0.4 is 10.7 Å². The maximum Gasteiger partial charge on any atom is 0.423 e. The molecule has 0 aromatic heterocycles. The van der Waals surface area contributed by atoms with Crippen LogP contribution >= 0.6 is 0 Å². The molecule has 0 aromatic carbocycles. The highest BCUT2D eigenvalue weighted by Crippen LogP contribution is 2.12. The normalized spacial score (nSPS) is 11.1. The van der Waals surface area contributed by atoms with Gasteiger partial charge in [0.15, 0.2) is 0 Å². The van der Waals surface area contributed by atoms with Crippen molar-refractivity contribution in [3.05, 3.63) is 0 Å². The van der Waals surface area contributed by atoms with Crippen LogP contribution in [0.25, 0.3) is 0 Å². The van der Waals surface area contributed by atoms with Crippen molar-refractivity contribution in [2.75, 3.05) is 6.54 Å². The number of nitrogens with zero attached hydrogens (tertiary/aromatic N) is 1. The van der Waals surface area contributed by atoms with Gasteiger partial charge in [0.1, 0.15) is 6.54 Å². The Morgan fingerprint density at radius 2 is 1.88 bits per heavy atom. The van der Waals surface area contributed by atoms with Crippen LogP contribution in [0.1, 0.15) is 13.8 Å². The Bertz CT molecular complexity index is 267. The average molecular weight is 243 g/mol. The molecule has 16 heavy (non-hydrogen) atoms. The van der Waals surface area contributed by atoms with Crippen LogP contribution in [0.4, 0.5) is 22.8 Å². The van der Waals surface area contributed by atoms with E-state index >= 15 is 0 Å². The number of urea groups is 1. The maximum absolute atomic E-state index is 11.8. The number of carboxylic acid groups (broad SMARTS) is 1. The number of carbonyl (C=O) groups is 2. The summed E-state index contributed by atoms with van der Waals surface area (Å²) in [6.45, 7) is 1.38. The molecule has 0 heterocycles. The van der Waals surface area contributed by atoms with Crippen LogP contribution in [0.5, 0.6) is 0 Å². The van der Waals surface area contributed by atoms with Crippen molar-refractivity contribution in [3.63, 3.8) is 0 Å². The summed E-state index contributed by atoms with van der Waals surface area (Å²) in [5.41, 5.74) is 1.69. The average Bonchev–Trinajstić information content (AvgIpc) is 2.08. The SMILES string of the molecule is CC(C)N(NC(=O)O)C(=O)NCC(F)(F)F. The molecule has 0 saturated heterocycles. The molecule has 3 N–H and O–H groups in total. The second-order valence-electron chi connectivity index (χ2n) is 3.15. The lowest BCUT2D eigenvalue weighted by atomic mass is 10.4. The Hall–Kier alpha value is -1.67. The van der Waals surface area contributed by atoms with Crippen molar-refractivity contribution in [1.29, 1.82) is 0 Å². The number of hydrogen-bond donors (Lipinski definition) is 3. The predicted octanol–water partition coefficient (Wildman–Crippen LogP) is 1.15. The van der Waals surface area contributed by atoms with Crippen molar-refractivity contribution >= 4 is 12.1 Å². The van der Waals surface area contributed by atoms with Crippen LogP contribution in [0.2, 0.25) is 0 Å². The molecule has 0 aliphatic rings. The molecular formula is C7H12F3N3O3. The van der Waals surface area contributed by atoms with Gasteiger partial charge in [-0.05, 0) is 13.8 Å². The molecule has 0 saturated carbocycles. The van der Waals surface area contributed by atoms with Crippen molar-refractivity contribution in [2.24, 2.45) is 0 Å². The Labute approximate surface area is 89.4 Å². The monoisotopic (exact) mass is 243 g/mol. The zero-order valence-electron chi connectivity index (χ0n) is 8.63. The first-order valence-corrected chi connectivity index (χ1v) is 4.27. The number of hydrazine groups is 1. The minimum absolute atomic E-state index is 0.550. The van der Waals surface area contributed by atoms with E-state index in [2.05, 4.69) is 0 Å². The van der Waals surface area contributed by atoms with Crippen LogP contribution in [-0.2, 0) is 0 Å². The Balaban J connectivity index is 4.34. The van der Waals surface area contributed by atoms with E-state index in [9.17, 15) is 22.8 Å². The zero-order chi connectivity index (χ0) is 12.9. The lowest BCUT2D eigenvalue weighted by molar-refractivity contribution is -0.123.